The zero-order chi connectivity index (χ0) is 23.7. The van der Waals surface area contributed by atoms with Gasteiger partial charge in [0, 0.05) is 19.2 Å². The summed E-state index contributed by atoms with van der Waals surface area (Å²) in [7, 11) is -4.76. The van der Waals surface area contributed by atoms with Crippen molar-refractivity contribution in [3.05, 3.63) is 62.2 Å². The highest BCUT2D eigenvalue weighted by Crippen LogP contribution is 2.38. The van der Waals surface area contributed by atoms with Gasteiger partial charge in [0.2, 0.25) is 0 Å². The van der Waals surface area contributed by atoms with Gasteiger partial charge in [0.1, 0.15) is 0 Å². The number of anilines is 2. The molecule has 0 unspecified atom stereocenters. The van der Waals surface area contributed by atoms with Gasteiger partial charge >= 0.3 is 6.18 Å². The van der Waals surface area contributed by atoms with Crippen LogP contribution in [0.5, 0.6) is 0 Å². The largest absolute Gasteiger partial charge is 0.416 e. The fourth-order valence-corrected chi connectivity index (χ4v) is 4.61. The lowest BCUT2D eigenvalue weighted by Crippen LogP contribution is -2.30. The Morgan fingerprint density at radius 3 is 2.16 bits per heavy atom. The Labute approximate surface area is 180 Å². The minimum Gasteiger partial charge on any atom is -0.370 e. The summed E-state index contributed by atoms with van der Waals surface area (Å²) in [6.07, 6.45) is -2.30. The Morgan fingerprint density at radius 2 is 1.59 bits per heavy atom. The molecule has 32 heavy (non-hydrogen) atoms. The quantitative estimate of drug-likeness (QED) is 0.487. The Kier molecular flexibility index (Phi) is 6.25. The van der Waals surface area contributed by atoms with Crippen LogP contribution in [-0.2, 0) is 16.2 Å². The van der Waals surface area contributed by atoms with Gasteiger partial charge in [-0.15, -0.1) is 0 Å². The molecule has 1 aliphatic rings. The number of benzene rings is 2. The molecule has 0 amide bonds. The Balaban J connectivity index is 2.10. The maximum absolute atomic E-state index is 13.2. The van der Waals surface area contributed by atoms with Crippen LogP contribution in [0.15, 0.2) is 41.3 Å². The summed E-state index contributed by atoms with van der Waals surface area (Å²) >= 11 is 0. The van der Waals surface area contributed by atoms with E-state index in [1.807, 2.05) is 4.72 Å². The molecule has 1 N–H and O–H groups in total. The van der Waals surface area contributed by atoms with Crippen molar-refractivity contribution in [2.24, 2.45) is 0 Å². The van der Waals surface area contributed by atoms with Crippen molar-refractivity contribution in [1.29, 1.82) is 0 Å². The van der Waals surface area contributed by atoms with Crippen LogP contribution in [0, 0.1) is 20.2 Å². The number of piperidine rings is 1. The average Bonchev–Trinajstić information content (AvgIpc) is 2.73. The summed E-state index contributed by atoms with van der Waals surface area (Å²) < 4.78 is 67.6. The van der Waals surface area contributed by atoms with Crippen molar-refractivity contribution >= 4 is 32.8 Å². The number of halogens is 3. The topological polar surface area (TPSA) is 136 Å². The van der Waals surface area contributed by atoms with Crippen LogP contribution < -0.4 is 9.62 Å². The fourth-order valence-electron chi connectivity index (χ4n) is 3.39. The standard InChI is InChI=1S/C18H17F3N4O6S/c19-18(20,21)12-4-6-15(23-8-2-1-3-9-23)14(10-12)22-32(30,31)17-7-5-13(24(26)27)11-16(17)25(28)29/h4-7,10-11,22H,1-3,8-9H2. The van der Waals surface area contributed by atoms with Crippen LogP contribution >= 0.6 is 0 Å². The molecule has 0 radical (unpaired) electrons. The Bertz CT molecular complexity index is 1160. The number of nitro groups is 2. The third-order valence-electron chi connectivity index (χ3n) is 4.90. The predicted molar refractivity (Wildman–Crippen MR) is 108 cm³/mol. The molecular weight excluding hydrogens is 457 g/mol. The maximum atomic E-state index is 13.2. The smallest absolute Gasteiger partial charge is 0.370 e. The molecule has 1 saturated heterocycles. The maximum Gasteiger partial charge on any atom is 0.416 e. The lowest BCUT2D eigenvalue weighted by molar-refractivity contribution is -0.396. The van der Waals surface area contributed by atoms with Crippen LogP contribution in [0.3, 0.4) is 0 Å². The minimum absolute atomic E-state index is 0.200. The van der Waals surface area contributed by atoms with E-state index >= 15 is 0 Å². The van der Waals surface area contributed by atoms with Gasteiger partial charge in [-0.1, -0.05) is 0 Å². The molecule has 0 bridgehead atoms. The molecule has 2 aromatic carbocycles. The van der Waals surface area contributed by atoms with Crippen molar-refractivity contribution < 1.29 is 31.4 Å². The number of alkyl halides is 3. The summed E-state index contributed by atoms with van der Waals surface area (Å²) in [5, 5.41) is 22.2. The number of nitrogens with zero attached hydrogens (tertiary/aromatic N) is 3. The Morgan fingerprint density at radius 1 is 0.938 bits per heavy atom. The van der Waals surface area contributed by atoms with Crippen LogP contribution in [0.2, 0.25) is 0 Å². The van der Waals surface area contributed by atoms with Crippen molar-refractivity contribution in [3.63, 3.8) is 0 Å². The number of non-ortho nitro benzene ring substituents is 1. The van der Waals surface area contributed by atoms with Gasteiger partial charge in [-0.05, 0) is 43.5 Å². The van der Waals surface area contributed by atoms with Crippen LogP contribution in [0.4, 0.5) is 35.9 Å². The van der Waals surface area contributed by atoms with E-state index in [0.717, 1.165) is 37.5 Å². The zero-order valence-corrected chi connectivity index (χ0v) is 17.1. The summed E-state index contributed by atoms with van der Waals surface area (Å²) in [6.45, 7) is 0.996. The molecule has 2 aromatic rings. The fraction of sp³-hybridized carbons (Fsp3) is 0.333. The van der Waals surface area contributed by atoms with Crippen molar-refractivity contribution in [3.8, 4) is 0 Å². The number of nitro benzene ring substituents is 2. The van der Waals surface area contributed by atoms with Crippen molar-refractivity contribution in [1.82, 2.24) is 0 Å². The number of hydrogen-bond donors (Lipinski definition) is 1. The van der Waals surface area contributed by atoms with Gasteiger partial charge in [-0.2, -0.15) is 13.2 Å². The van der Waals surface area contributed by atoms with Gasteiger partial charge in [0.05, 0.1) is 32.9 Å². The van der Waals surface area contributed by atoms with Crippen LogP contribution in [-0.4, -0.2) is 31.4 Å². The predicted octanol–water partition coefficient (Wildman–Crippen LogP) is 4.31. The normalized spacial score (nSPS) is 14.8. The van der Waals surface area contributed by atoms with Crippen LogP contribution in [0.1, 0.15) is 24.8 Å². The molecular formula is C18H17F3N4O6S. The molecule has 0 aromatic heterocycles. The lowest BCUT2D eigenvalue weighted by Gasteiger charge is -2.31. The van der Waals surface area contributed by atoms with Crippen molar-refractivity contribution in [2.45, 2.75) is 30.3 Å². The average molecular weight is 474 g/mol. The molecule has 1 aliphatic heterocycles. The van der Waals surface area contributed by atoms with Gasteiger partial charge in [-0.3, -0.25) is 25.0 Å². The summed E-state index contributed by atoms with van der Waals surface area (Å²) in [5.74, 6) is 0. The molecule has 0 saturated carbocycles. The van der Waals surface area contributed by atoms with E-state index in [2.05, 4.69) is 0 Å². The molecule has 14 heteroatoms. The van der Waals surface area contributed by atoms with Crippen LogP contribution in [0.25, 0.3) is 0 Å². The molecule has 3 rings (SSSR count). The minimum atomic E-state index is -4.76. The first kappa shape index (κ1) is 23.2. The summed E-state index contributed by atoms with van der Waals surface area (Å²) in [6, 6.07) is 4.52. The highest BCUT2D eigenvalue weighted by molar-refractivity contribution is 7.92. The second-order valence-electron chi connectivity index (χ2n) is 7.05. The van der Waals surface area contributed by atoms with Gasteiger partial charge in [-0.25, -0.2) is 8.42 Å². The van der Waals surface area contributed by atoms with Gasteiger partial charge < -0.3 is 4.90 Å². The zero-order valence-electron chi connectivity index (χ0n) is 16.3. The number of rotatable bonds is 6. The molecule has 1 heterocycles. The first-order valence-corrected chi connectivity index (χ1v) is 10.8. The second kappa shape index (κ2) is 8.61. The molecule has 0 atom stereocenters. The molecule has 1 fully saturated rings. The molecule has 10 nitrogen and oxygen atoms in total. The van der Waals surface area contributed by atoms with E-state index in [1.54, 1.807) is 4.90 Å². The van der Waals surface area contributed by atoms with E-state index in [1.165, 1.54) is 0 Å². The number of nitrogens with one attached hydrogen (secondary N) is 1. The highest BCUT2D eigenvalue weighted by Gasteiger charge is 2.34. The second-order valence-corrected chi connectivity index (χ2v) is 8.70. The summed E-state index contributed by atoms with van der Waals surface area (Å²) in [5.41, 5.74) is -3.07. The van der Waals surface area contributed by atoms with E-state index in [4.69, 9.17) is 0 Å². The third kappa shape index (κ3) is 4.90. The molecule has 0 aliphatic carbocycles. The Hall–Kier alpha value is -3.42. The SMILES string of the molecule is O=[N+]([O-])c1ccc(S(=O)(=O)Nc2cc(C(F)(F)F)ccc2N2CCCCC2)c([N+](=O)[O-])c1. The van der Waals surface area contributed by atoms with Crippen molar-refractivity contribution in [2.75, 3.05) is 22.7 Å². The van der Waals surface area contributed by atoms with Gasteiger partial charge in [0.25, 0.3) is 21.4 Å². The van der Waals surface area contributed by atoms with E-state index < -0.39 is 53.6 Å². The van der Waals surface area contributed by atoms with E-state index in [-0.39, 0.29) is 5.69 Å². The highest BCUT2D eigenvalue weighted by atomic mass is 32.2. The molecule has 0 spiro atoms. The number of sulfonamides is 1. The third-order valence-corrected chi connectivity index (χ3v) is 6.32. The van der Waals surface area contributed by atoms with Gasteiger partial charge in [0.15, 0.2) is 4.90 Å². The van der Waals surface area contributed by atoms with E-state index in [9.17, 15) is 41.8 Å². The monoisotopic (exact) mass is 474 g/mol. The van der Waals surface area contributed by atoms with E-state index in [0.29, 0.717) is 31.3 Å². The summed E-state index contributed by atoms with van der Waals surface area (Å²) in [4.78, 5) is 21.0. The lowest BCUT2D eigenvalue weighted by atomic mass is 10.1. The first-order chi connectivity index (χ1) is 14.9. The number of hydrogen-bond acceptors (Lipinski definition) is 7. The first-order valence-electron chi connectivity index (χ1n) is 9.32. The molecule has 172 valence electrons.